The summed E-state index contributed by atoms with van der Waals surface area (Å²) in [5.41, 5.74) is 44.0. The van der Waals surface area contributed by atoms with Gasteiger partial charge in [0.2, 0.25) is 0 Å². The second kappa shape index (κ2) is 36.3. The molecular formula is C139H99N11. The first-order chi connectivity index (χ1) is 73.7. The lowest BCUT2D eigenvalue weighted by atomic mass is 9.80. The standard InChI is InChI=1S/2C48H34N4.C43H31N3/c1-48(2)41-22-8-6-21-39(41)46-44(48)45(50-47(51-46)35-16-11-14-32(28-35)36-17-12-26-49-30-36)34-15-10-13-31(27-34)33-24-25-43-40(29-33)38-20-7-9-23-42(38)52(43)37-18-4-3-5-19-37;1-48(2)40-22-8-6-21-38(40)46-44(48)45(50-47(51-46)35-17-13-15-33(29-35)41-23-10-11-27-49-41)34-16-12-14-31(28-34)32-25-26-43-39(30-32)37-20-7-9-24-42(37)52(43)36-18-4-3-5-19-36;1-43(2)36-23-9-6-22-35(36)41-39(43)40(44-42(45-41)28-14-4-3-5-15-28)31-18-12-16-29(26-31)30-17-13-19-32(27-30)46-37-24-10-7-20-33(37)34-21-8-11-25-38(34)46/h2*3-30H,1-2H3;3-27H,1-2H3. The molecule has 150 heavy (non-hydrogen) atoms. The Bertz CT molecular complexity index is 9420. The Balaban J connectivity index is 0.000000111. The Morgan fingerprint density at radius 2 is 0.467 bits per heavy atom. The topological polar surface area (TPSA) is 118 Å². The average molecular weight is 1920 g/mol. The van der Waals surface area contributed by atoms with Crippen LogP contribution in [-0.2, 0) is 16.2 Å². The molecule has 0 atom stereocenters. The van der Waals surface area contributed by atoms with Crippen molar-refractivity contribution in [2.75, 3.05) is 0 Å². The van der Waals surface area contributed by atoms with Gasteiger partial charge in [-0.3, -0.25) is 9.97 Å². The summed E-state index contributed by atoms with van der Waals surface area (Å²) in [6.07, 6.45) is 5.53. The van der Waals surface area contributed by atoms with Gasteiger partial charge in [-0.25, -0.2) is 29.9 Å². The number of hydrogen-bond acceptors (Lipinski definition) is 8. The lowest BCUT2D eigenvalue weighted by molar-refractivity contribution is 0.657. The first-order valence-corrected chi connectivity index (χ1v) is 51.4. The highest BCUT2D eigenvalue weighted by Crippen LogP contribution is 2.57. The van der Waals surface area contributed by atoms with Gasteiger partial charge in [-0.15, -0.1) is 0 Å². The van der Waals surface area contributed by atoms with Crippen LogP contribution >= 0.6 is 0 Å². The third kappa shape index (κ3) is 15.2. The molecule has 0 saturated carbocycles. The number of benzene rings is 18. The summed E-state index contributed by atoms with van der Waals surface area (Å²) in [5.74, 6) is 2.17. The second-order valence-electron chi connectivity index (χ2n) is 40.9. The van der Waals surface area contributed by atoms with Gasteiger partial charge in [0.25, 0.3) is 0 Å². The Labute approximate surface area is 870 Å². The molecule has 0 unspecified atom stereocenters. The molecule has 29 rings (SSSR count). The minimum Gasteiger partial charge on any atom is -0.309 e. The number of aromatic nitrogens is 11. The van der Waals surface area contributed by atoms with Gasteiger partial charge in [-0.2, -0.15) is 0 Å². The van der Waals surface area contributed by atoms with Crippen molar-refractivity contribution in [1.82, 2.24) is 53.6 Å². The molecule has 0 aliphatic heterocycles. The van der Waals surface area contributed by atoms with Crippen LogP contribution in [0.4, 0.5) is 0 Å². The van der Waals surface area contributed by atoms with Crippen LogP contribution in [0.1, 0.15) is 74.9 Å². The van der Waals surface area contributed by atoms with E-state index in [9.17, 15) is 0 Å². The van der Waals surface area contributed by atoms with Crippen LogP contribution in [0.25, 0.3) is 240 Å². The predicted octanol–water partition coefficient (Wildman–Crippen LogP) is 34.8. The molecular weight excluding hydrogens is 1820 g/mol. The third-order valence-corrected chi connectivity index (χ3v) is 30.9. The molecule has 0 amide bonds. The van der Waals surface area contributed by atoms with E-state index >= 15 is 0 Å². The van der Waals surface area contributed by atoms with E-state index in [0.29, 0.717) is 11.6 Å². The molecule has 11 nitrogen and oxygen atoms in total. The molecule has 3 aliphatic rings. The van der Waals surface area contributed by atoms with E-state index in [-0.39, 0.29) is 16.2 Å². The van der Waals surface area contributed by atoms with E-state index in [1.807, 2.05) is 54.9 Å². The van der Waals surface area contributed by atoms with Crippen LogP contribution in [0.15, 0.2) is 492 Å². The molecule has 0 radical (unpaired) electrons. The maximum absolute atomic E-state index is 5.43. The van der Waals surface area contributed by atoms with Crippen molar-refractivity contribution in [1.29, 1.82) is 0 Å². The zero-order valence-electron chi connectivity index (χ0n) is 83.7. The van der Waals surface area contributed by atoms with Crippen LogP contribution in [0.5, 0.6) is 0 Å². The smallest absolute Gasteiger partial charge is 0.160 e. The molecule has 8 heterocycles. The fourth-order valence-corrected chi connectivity index (χ4v) is 23.8. The van der Waals surface area contributed by atoms with Gasteiger partial charge >= 0.3 is 0 Å². The molecule has 18 aromatic carbocycles. The van der Waals surface area contributed by atoms with E-state index in [1.54, 1.807) is 6.20 Å². The highest BCUT2D eigenvalue weighted by Gasteiger charge is 2.44. The van der Waals surface area contributed by atoms with Crippen LogP contribution in [0.3, 0.4) is 0 Å². The Morgan fingerprint density at radius 1 is 0.180 bits per heavy atom. The Morgan fingerprint density at radius 3 is 0.880 bits per heavy atom. The molecule has 11 heteroatoms. The highest BCUT2D eigenvalue weighted by atomic mass is 15.0. The van der Waals surface area contributed by atoms with Crippen LogP contribution in [-0.4, -0.2) is 53.6 Å². The third-order valence-electron chi connectivity index (χ3n) is 30.9. The summed E-state index contributed by atoms with van der Waals surface area (Å²) in [6.45, 7) is 13.8. The van der Waals surface area contributed by atoms with Crippen LogP contribution < -0.4 is 0 Å². The first kappa shape index (κ1) is 89.7. The van der Waals surface area contributed by atoms with Crippen molar-refractivity contribution in [2.24, 2.45) is 0 Å². The molecule has 0 saturated heterocycles. The van der Waals surface area contributed by atoms with Gasteiger partial charge in [0.1, 0.15) is 0 Å². The minimum absolute atomic E-state index is 0.233. The fourth-order valence-electron chi connectivity index (χ4n) is 23.8. The number of pyridine rings is 2. The lowest BCUT2D eigenvalue weighted by Crippen LogP contribution is -2.17. The van der Waals surface area contributed by atoms with Gasteiger partial charge < -0.3 is 13.7 Å². The van der Waals surface area contributed by atoms with Crippen molar-refractivity contribution in [3.05, 3.63) is 525 Å². The summed E-state index contributed by atoms with van der Waals surface area (Å²) >= 11 is 0. The van der Waals surface area contributed by atoms with Crippen molar-refractivity contribution in [3.8, 4) is 175 Å². The monoisotopic (exact) mass is 1920 g/mol. The Kier molecular flexibility index (Phi) is 21.7. The van der Waals surface area contributed by atoms with E-state index in [1.165, 1.54) is 121 Å². The molecule has 8 aromatic heterocycles. The maximum atomic E-state index is 5.43. The summed E-state index contributed by atoms with van der Waals surface area (Å²) in [6, 6.07) is 168. The number of rotatable bonds is 14. The van der Waals surface area contributed by atoms with Crippen molar-refractivity contribution >= 4 is 65.4 Å². The molecule has 26 aromatic rings. The summed E-state index contributed by atoms with van der Waals surface area (Å²) < 4.78 is 7.10. The summed E-state index contributed by atoms with van der Waals surface area (Å²) in [5, 5.41) is 7.48. The van der Waals surface area contributed by atoms with Gasteiger partial charge in [0.15, 0.2) is 17.5 Å². The normalized spacial score (nSPS) is 13.0. The van der Waals surface area contributed by atoms with E-state index < -0.39 is 0 Å². The second-order valence-corrected chi connectivity index (χ2v) is 40.9. The summed E-state index contributed by atoms with van der Waals surface area (Å²) in [4.78, 5) is 41.0. The molecule has 0 spiro atoms. The van der Waals surface area contributed by atoms with Gasteiger partial charge in [0.05, 0.1) is 73.0 Å². The number of hydrogen-bond donors (Lipinski definition) is 0. The van der Waals surface area contributed by atoms with Crippen molar-refractivity contribution in [2.45, 2.75) is 57.8 Å². The lowest BCUT2D eigenvalue weighted by Gasteiger charge is -2.24. The molecule has 710 valence electrons. The Hall–Kier alpha value is -19.1. The largest absolute Gasteiger partial charge is 0.309 e. The summed E-state index contributed by atoms with van der Waals surface area (Å²) in [7, 11) is 0. The number of nitrogens with zero attached hydrogens (tertiary/aromatic N) is 11. The maximum Gasteiger partial charge on any atom is 0.160 e. The van der Waals surface area contributed by atoms with E-state index in [0.717, 1.165) is 141 Å². The van der Waals surface area contributed by atoms with E-state index in [4.69, 9.17) is 29.9 Å². The quantitative estimate of drug-likeness (QED) is 0.106. The fraction of sp³-hybridized carbons (Fsp3) is 0.0647. The molecule has 0 N–H and O–H groups in total. The number of fused-ring (bicyclic) bond motifs is 18. The highest BCUT2D eigenvalue weighted by molar-refractivity contribution is 6.13. The SMILES string of the molecule is CC1(C)c2ccccc2-c2nc(-c3cccc(-c4ccccn4)c3)nc(-c3cccc(-c4ccc5c(c4)c4ccccc4n5-c4ccccc4)c3)c21.CC1(C)c2ccccc2-c2nc(-c3cccc(-c4cccnc4)c3)nc(-c3cccc(-c4ccc5c(c4)c4ccccc4n5-c4ccccc4)c3)c21.CC1(C)c2ccccc2-c2nc(-c3ccccc3)nc(-c3cccc(-c4cccc(-n5c6ccccc6c6ccccc65)c4)c3)c21. The molecule has 0 bridgehead atoms. The molecule has 3 aliphatic carbocycles. The van der Waals surface area contributed by atoms with Crippen molar-refractivity contribution < 1.29 is 0 Å². The minimum atomic E-state index is -0.274. The predicted molar refractivity (Wildman–Crippen MR) is 617 cm³/mol. The average Bonchev–Trinajstić information content (AvgIpc) is 1.56. The zero-order valence-corrected chi connectivity index (χ0v) is 83.7. The van der Waals surface area contributed by atoms with Crippen LogP contribution in [0, 0.1) is 0 Å². The van der Waals surface area contributed by atoms with Gasteiger partial charge in [-0.1, -0.05) is 381 Å². The van der Waals surface area contributed by atoms with Gasteiger partial charge in [0, 0.05) is 162 Å². The first-order valence-electron chi connectivity index (χ1n) is 51.4. The number of para-hydroxylation sites is 6. The molecule has 0 fully saturated rings. The van der Waals surface area contributed by atoms with Crippen molar-refractivity contribution in [3.63, 3.8) is 0 Å². The van der Waals surface area contributed by atoms with Crippen LogP contribution in [0.2, 0.25) is 0 Å². The van der Waals surface area contributed by atoms with E-state index in [2.05, 4.69) is 496 Å². The van der Waals surface area contributed by atoms with Gasteiger partial charge in [-0.05, 0) is 189 Å². The zero-order chi connectivity index (χ0) is 100.